The van der Waals surface area contributed by atoms with Crippen molar-refractivity contribution in [1.29, 1.82) is 0 Å². The van der Waals surface area contributed by atoms with E-state index in [4.69, 9.17) is 14.6 Å². The first-order valence-electron chi connectivity index (χ1n) is 11.7. The Morgan fingerprint density at radius 1 is 1.08 bits per heavy atom. The Labute approximate surface area is 227 Å². The van der Waals surface area contributed by atoms with Gasteiger partial charge in [-0.2, -0.15) is 0 Å². The lowest BCUT2D eigenvalue weighted by molar-refractivity contribution is -0.122. The van der Waals surface area contributed by atoms with Crippen LogP contribution in [0.15, 0.2) is 81.1 Å². The number of nitrogens with zero attached hydrogens (tertiary/aromatic N) is 2. The Kier molecular flexibility index (Phi) is 8.68. The maximum absolute atomic E-state index is 13.1. The van der Waals surface area contributed by atoms with Crippen molar-refractivity contribution < 1.29 is 24.2 Å². The predicted molar refractivity (Wildman–Crippen MR) is 150 cm³/mol. The molecule has 37 heavy (non-hydrogen) atoms. The number of aromatic carboxylic acids is 1. The molecule has 3 aromatic rings. The molecular formula is C28H25BrN2O5S. The third-order valence-electron chi connectivity index (χ3n) is 5.40. The highest BCUT2D eigenvalue weighted by molar-refractivity contribution is 9.10. The van der Waals surface area contributed by atoms with Crippen LogP contribution in [0, 0.1) is 0 Å². The molecule has 0 unspecified atom stereocenters. The van der Waals surface area contributed by atoms with Gasteiger partial charge in [0.25, 0.3) is 5.91 Å². The molecule has 0 radical (unpaired) electrons. The largest absolute Gasteiger partial charge is 0.490 e. The van der Waals surface area contributed by atoms with E-state index in [0.29, 0.717) is 47.0 Å². The van der Waals surface area contributed by atoms with Gasteiger partial charge in [0.05, 0.1) is 27.2 Å². The number of ether oxygens (including phenoxy) is 2. The summed E-state index contributed by atoms with van der Waals surface area (Å²) in [6, 6.07) is 19.8. The zero-order valence-electron chi connectivity index (χ0n) is 20.3. The molecule has 190 valence electrons. The normalized spacial score (nSPS) is 15.4. The summed E-state index contributed by atoms with van der Waals surface area (Å²) in [5.74, 6) is 0.0290. The standard InChI is InChI=1S/C28H25BrN2O5S/c1-3-31-26(32)24(37-28(31)30-21-12-10-20(11-13-21)27(33)34)16-19-14-22(29)25(23(15-19)35-4-2)36-17-18-8-6-5-7-9-18/h5-16H,3-4,17H2,1-2H3,(H,33,34). The number of rotatable bonds is 9. The van der Waals surface area contributed by atoms with Crippen LogP contribution >= 0.6 is 27.7 Å². The first-order chi connectivity index (χ1) is 17.9. The van der Waals surface area contributed by atoms with Gasteiger partial charge in [-0.1, -0.05) is 30.3 Å². The van der Waals surface area contributed by atoms with E-state index in [-0.39, 0.29) is 11.5 Å². The highest BCUT2D eigenvalue weighted by atomic mass is 79.9. The maximum atomic E-state index is 13.1. The first kappa shape index (κ1) is 26.5. The Morgan fingerprint density at radius 3 is 2.46 bits per heavy atom. The highest BCUT2D eigenvalue weighted by Crippen LogP contribution is 2.40. The molecule has 4 rings (SSSR count). The van der Waals surface area contributed by atoms with E-state index < -0.39 is 5.97 Å². The van der Waals surface area contributed by atoms with Crippen molar-refractivity contribution in [2.75, 3.05) is 13.2 Å². The molecule has 0 aliphatic carbocycles. The van der Waals surface area contributed by atoms with Gasteiger partial charge >= 0.3 is 5.97 Å². The monoisotopic (exact) mass is 580 g/mol. The van der Waals surface area contributed by atoms with Gasteiger partial charge < -0.3 is 14.6 Å². The molecule has 7 nitrogen and oxygen atoms in total. The summed E-state index contributed by atoms with van der Waals surface area (Å²) < 4.78 is 12.6. The van der Waals surface area contributed by atoms with Crippen LogP contribution in [0.25, 0.3) is 6.08 Å². The predicted octanol–water partition coefficient (Wildman–Crippen LogP) is 6.75. The van der Waals surface area contributed by atoms with E-state index in [2.05, 4.69) is 20.9 Å². The second-order valence-corrected chi connectivity index (χ2v) is 9.81. The Bertz CT molecular complexity index is 1360. The molecule has 1 aliphatic heterocycles. The number of carbonyl (C=O) groups is 2. The fourth-order valence-corrected chi connectivity index (χ4v) is 5.25. The number of hydrogen-bond acceptors (Lipinski definition) is 6. The number of halogens is 1. The second-order valence-electron chi connectivity index (χ2n) is 7.94. The third kappa shape index (κ3) is 6.42. The van der Waals surface area contributed by atoms with Crippen LogP contribution in [-0.2, 0) is 11.4 Å². The summed E-state index contributed by atoms with van der Waals surface area (Å²) in [5.41, 5.74) is 2.57. The SMILES string of the molecule is CCOc1cc(C=C2SC(=Nc3ccc(C(=O)O)cc3)N(CC)C2=O)cc(Br)c1OCc1ccccc1. The molecular weight excluding hydrogens is 556 g/mol. The maximum Gasteiger partial charge on any atom is 0.335 e. The average molecular weight is 581 g/mol. The zero-order valence-corrected chi connectivity index (χ0v) is 22.7. The van der Waals surface area contributed by atoms with Crippen LogP contribution in [-0.4, -0.2) is 40.2 Å². The molecule has 1 fully saturated rings. The summed E-state index contributed by atoms with van der Waals surface area (Å²) >= 11 is 4.87. The number of aliphatic imine (C=N–C) groups is 1. The van der Waals surface area contributed by atoms with Gasteiger partial charge in [-0.15, -0.1) is 0 Å². The summed E-state index contributed by atoms with van der Waals surface area (Å²) in [4.78, 5) is 30.9. The number of carbonyl (C=O) groups excluding carboxylic acids is 1. The Hall–Kier alpha value is -3.56. The summed E-state index contributed by atoms with van der Waals surface area (Å²) in [6.07, 6.45) is 1.81. The van der Waals surface area contributed by atoms with Gasteiger partial charge in [-0.25, -0.2) is 9.79 Å². The number of hydrogen-bond donors (Lipinski definition) is 1. The van der Waals surface area contributed by atoms with Gasteiger partial charge in [0.2, 0.25) is 0 Å². The van der Waals surface area contributed by atoms with Crippen LogP contribution in [0.4, 0.5) is 5.69 Å². The van der Waals surface area contributed by atoms with E-state index in [9.17, 15) is 9.59 Å². The van der Waals surface area contributed by atoms with Gasteiger partial charge in [0, 0.05) is 6.54 Å². The van der Waals surface area contributed by atoms with Gasteiger partial charge in [-0.05, 0) is 95.1 Å². The lowest BCUT2D eigenvalue weighted by atomic mass is 10.1. The topological polar surface area (TPSA) is 88.4 Å². The number of amidine groups is 1. The molecule has 9 heteroatoms. The molecule has 0 spiro atoms. The van der Waals surface area contributed by atoms with Crippen molar-refractivity contribution in [3.05, 3.63) is 92.8 Å². The quantitative estimate of drug-likeness (QED) is 0.282. The van der Waals surface area contributed by atoms with Crippen molar-refractivity contribution >= 4 is 56.5 Å². The molecule has 1 N–H and O–H groups in total. The number of likely N-dealkylation sites (N-methyl/N-ethyl adjacent to an activating group) is 1. The molecule has 3 aromatic carbocycles. The molecule has 1 aliphatic rings. The van der Waals surface area contributed by atoms with Crippen LogP contribution in [0.5, 0.6) is 11.5 Å². The van der Waals surface area contributed by atoms with Crippen molar-refractivity contribution in [1.82, 2.24) is 4.90 Å². The van der Waals surface area contributed by atoms with Crippen LogP contribution in [0.2, 0.25) is 0 Å². The van der Waals surface area contributed by atoms with E-state index in [1.54, 1.807) is 23.1 Å². The lowest BCUT2D eigenvalue weighted by Gasteiger charge is -2.15. The average Bonchev–Trinajstić information content (AvgIpc) is 3.18. The van der Waals surface area contributed by atoms with Gasteiger partial charge in [-0.3, -0.25) is 9.69 Å². The minimum Gasteiger partial charge on any atom is -0.490 e. The molecule has 0 saturated carbocycles. The number of amides is 1. The lowest BCUT2D eigenvalue weighted by Crippen LogP contribution is -2.28. The zero-order chi connectivity index (χ0) is 26.4. The summed E-state index contributed by atoms with van der Waals surface area (Å²) in [6.45, 7) is 5.10. The highest BCUT2D eigenvalue weighted by Gasteiger charge is 2.32. The number of benzene rings is 3. The molecule has 0 atom stereocenters. The minimum atomic E-state index is -1.00. The Balaban J connectivity index is 1.60. The molecule has 1 amide bonds. The summed E-state index contributed by atoms with van der Waals surface area (Å²) in [7, 11) is 0. The van der Waals surface area contributed by atoms with Crippen LogP contribution in [0.3, 0.4) is 0 Å². The van der Waals surface area contributed by atoms with Gasteiger partial charge in [0.15, 0.2) is 16.7 Å². The number of thioether (sulfide) groups is 1. The molecule has 0 aromatic heterocycles. The summed E-state index contributed by atoms with van der Waals surface area (Å²) in [5, 5.41) is 9.64. The number of carboxylic acid groups (broad SMARTS) is 1. The van der Waals surface area contributed by atoms with Crippen molar-refractivity contribution in [2.24, 2.45) is 4.99 Å². The van der Waals surface area contributed by atoms with E-state index >= 15 is 0 Å². The van der Waals surface area contributed by atoms with Crippen molar-refractivity contribution in [3.63, 3.8) is 0 Å². The molecule has 1 heterocycles. The third-order valence-corrected chi connectivity index (χ3v) is 6.99. The van der Waals surface area contributed by atoms with Crippen molar-refractivity contribution in [3.8, 4) is 11.5 Å². The van der Waals surface area contributed by atoms with Crippen LogP contribution in [0.1, 0.15) is 35.3 Å². The number of carboxylic acids is 1. The van der Waals surface area contributed by atoms with Crippen LogP contribution < -0.4 is 9.47 Å². The van der Waals surface area contributed by atoms with E-state index in [1.807, 2.05) is 56.3 Å². The first-order valence-corrected chi connectivity index (χ1v) is 13.3. The smallest absolute Gasteiger partial charge is 0.335 e. The second kappa shape index (κ2) is 12.1. The van der Waals surface area contributed by atoms with E-state index in [0.717, 1.165) is 15.6 Å². The van der Waals surface area contributed by atoms with E-state index in [1.165, 1.54) is 23.9 Å². The van der Waals surface area contributed by atoms with Crippen molar-refractivity contribution in [2.45, 2.75) is 20.5 Å². The van der Waals surface area contributed by atoms with Gasteiger partial charge in [0.1, 0.15) is 6.61 Å². The fraction of sp³-hybridized carbons (Fsp3) is 0.179. The fourth-order valence-electron chi connectivity index (χ4n) is 3.61. The Morgan fingerprint density at radius 2 is 1.81 bits per heavy atom. The molecule has 1 saturated heterocycles. The minimum absolute atomic E-state index is 0.146. The molecule has 0 bridgehead atoms.